The van der Waals surface area contributed by atoms with Crippen LogP contribution >= 0.6 is 0 Å². The summed E-state index contributed by atoms with van der Waals surface area (Å²) in [7, 11) is 0. The molecule has 3 amide bonds. The van der Waals surface area contributed by atoms with Crippen LogP contribution in [0.4, 0.5) is 0 Å². The first kappa shape index (κ1) is 32.4. The van der Waals surface area contributed by atoms with Crippen LogP contribution in [0.2, 0.25) is 0 Å². The second-order valence-corrected chi connectivity index (χ2v) is 10.7. The third-order valence-electron chi connectivity index (χ3n) is 7.49. The Morgan fingerprint density at radius 2 is 1.50 bits per heavy atom. The number of rotatable bonds is 21. The monoisotopic (exact) mass is 510 g/mol. The SMILES string of the molecule is CCCCCC(CN)(CCC)CCCCCC(=O)NCCCCCC(=O)NCC(=O)N1CCC(O)C1. The van der Waals surface area contributed by atoms with E-state index in [2.05, 4.69) is 24.5 Å². The van der Waals surface area contributed by atoms with Crippen LogP contribution in [0.1, 0.15) is 117 Å². The fourth-order valence-corrected chi connectivity index (χ4v) is 5.17. The van der Waals surface area contributed by atoms with Crippen LogP contribution in [0.25, 0.3) is 0 Å². The summed E-state index contributed by atoms with van der Waals surface area (Å²) in [6.45, 7) is 6.79. The highest BCUT2D eigenvalue weighted by Gasteiger charge is 2.26. The van der Waals surface area contributed by atoms with Crippen molar-refractivity contribution >= 4 is 17.7 Å². The average molecular weight is 511 g/mol. The van der Waals surface area contributed by atoms with Crippen LogP contribution in [-0.4, -0.2) is 66.6 Å². The molecule has 0 radical (unpaired) electrons. The molecule has 0 bridgehead atoms. The second-order valence-electron chi connectivity index (χ2n) is 10.7. The Balaban J connectivity index is 2.03. The van der Waals surface area contributed by atoms with Crippen molar-refractivity contribution in [3.8, 4) is 0 Å². The smallest absolute Gasteiger partial charge is 0.242 e. The highest BCUT2D eigenvalue weighted by molar-refractivity contribution is 5.84. The third-order valence-corrected chi connectivity index (χ3v) is 7.49. The number of unbranched alkanes of at least 4 members (excludes halogenated alkanes) is 6. The summed E-state index contributed by atoms with van der Waals surface area (Å²) >= 11 is 0. The van der Waals surface area contributed by atoms with Gasteiger partial charge in [0, 0.05) is 32.5 Å². The predicted molar refractivity (Wildman–Crippen MR) is 145 cm³/mol. The predicted octanol–water partition coefficient (Wildman–Crippen LogP) is 3.65. The molecule has 1 aliphatic heterocycles. The molecule has 2 atom stereocenters. The van der Waals surface area contributed by atoms with Gasteiger partial charge in [-0.15, -0.1) is 0 Å². The fraction of sp³-hybridized carbons (Fsp3) is 0.893. The molecule has 0 spiro atoms. The van der Waals surface area contributed by atoms with Gasteiger partial charge in [0.2, 0.25) is 17.7 Å². The van der Waals surface area contributed by atoms with E-state index < -0.39 is 6.10 Å². The molecule has 0 aliphatic carbocycles. The summed E-state index contributed by atoms with van der Waals surface area (Å²) in [6.07, 6.45) is 15.3. The van der Waals surface area contributed by atoms with Crippen LogP contribution < -0.4 is 16.4 Å². The maximum atomic E-state index is 12.1. The van der Waals surface area contributed by atoms with E-state index >= 15 is 0 Å². The van der Waals surface area contributed by atoms with Crippen molar-refractivity contribution in [1.29, 1.82) is 0 Å². The number of β-amino-alcohol motifs (C(OH)–C–C–N with tert-alkyl or cyclic N) is 1. The Labute approximate surface area is 219 Å². The van der Waals surface area contributed by atoms with E-state index in [1.54, 1.807) is 4.90 Å². The van der Waals surface area contributed by atoms with Crippen molar-refractivity contribution in [1.82, 2.24) is 15.5 Å². The van der Waals surface area contributed by atoms with Crippen LogP contribution in [-0.2, 0) is 14.4 Å². The molecule has 5 N–H and O–H groups in total. The number of likely N-dealkylation sites (tertiary alicyclic amines) is 1. The molecule has 8 nitrogen and oxygen atoms in total. The molecule has 8 heteroatoms. The van der Waals surface area contributed by atoms with E-state index in [4.69, 9.17) is 5.73 Å². The topological polar surface area (TPSA) is 125 Å². The fourth-order valence-electron chi connectivity index (χ4n) is 5.17. The molecular formula is C28H54N4O4. The number of nitrogens with zero attached hydrogens (tertiary/aromatic N) is 1. The lowest BCUT2D eigenvalue weighted by molar-refractivity contribution is -0.132. The summed E-state index contributed by atoms with van der Waals surface area (Å²) in [5, 5.41) is 15.1. The van der Waals surface area contributed by atoms with Crippen molar-refractivity contribution in [3.05, 3.63) is 0 Å². The lowest BCUT2D eigenvalue weighted by Crippen LogP contribution is -2.39. The van der Waals surface area contributed by atoms with E-state index in [9.17, 15) is 19.5 Å². The minimum Gasteiger partial charge on any atom is -0.391 e. The molecule has 1 heterocycles. The Morgan fingerprint density at radius 3 is 2.08 bits per heavy atom. The number of nitrogens with one attached hydrogen (secondary N) is 2. The molecular weight excluding hydrogens is 456 g/mol. The van der Waals surface area contributed by atoms with Gasteiger partial charge in [-0.2, -0.15) is 0 Å². The summed E-state index contributed by atoms with van der Waals surface area (Å²) in [6, 6.07) is 0. The lowest BCUT2D eigenvalue weighted by Gasteiger charge is -2.33. The van der Waals surface area contributed by atoms with E-state index in [0.717, 1.165) is 45.1 Å². The van der Waals surface area contributed by atoms with Gasteiger partial charge in [-0.25, -0.2) is 0 Å². The molecule has 0 aromatic rings. The number of carbonyl (C=O) groups excluding carboxylic acids is 3. The first-order chi connectivity index (χ1) is 17.4. The minimum atomic E-state index is -0.447. The Bertz CT molecular complexity index is 631. The molecule has 2 unspecified atom stereocenters. The van der Waals surface area contributed by atoms with E-state index in [-0.39, 0.29) is 29.7 Å². The largest absolute Gasteiger partial charge is 0.391 e. The maximum absolute atomic E-state index is 12.1. The summed E-state index contributed by atoms with van der Waals surface area (Å²) in [5.74, 6) is -0.163. The van der Waals surface area contributed by atoms with Gasteiger partial charge in [-0.05, 0) is 56.9 Å². The molecule has 210 valence electrons. The maximum Gasteiger partial charge on any atom is 0.242 e. The van der Waals surface area contributed by atoms with Crippen molar-refractivity contribution < 1.29 is 19.5 Å². The molecule has 36 heavy (non-hydrogen) atoms. The summed E-state index contributed by atoms with van der Waals surface area (Å²) < 4.78 is 0. The average Bonchev–Trinajstić information content (AvgIpc) is 3.30. The lowest BCUT2D eigenvalue weighted by atomic mass is 9.74. The summed E-state index contributed by atoms with van der Waals surface area (Å²) in [5.41, 5.74) is 6.48. The van der Waals surface area contributed by atoms with Crippen molar-refractivity contribution in [3.63, 3.8) is 0 Å². The third kappa shape index (κ3) is 14.2. The highest BCUT2D eigenvalue weighted by atomic mass is 16.3. The van der Waals surface area contributed by atoms with Crippen molar-refractivity contribution in [2.45, 2.75) is 123 Å². The molecule has 1 saturated heterocycles. The zero-order valence-electron chi connectivity index (χ0n) is 23.1. The van der Waals surface area contributed by atoms with Crippen LogP contribution in [0.15, 0.2) is 0 Å². The Hall–Kier alpha value is -1.67. The number of carbonyl (C=O) groups is 3. The first-order valence-corrected chi connectivity index (χ1v) is 14.5. The van der Waals surface area contributed by atoms with Crippen LogP contribution in [0, 0.1) is 5.41 Å². The molecule has 0 saturated carbocycles. The van der Waals surface area contributed by atoms with Gasteiger partial charge in [0.1, 0.15) is 0 Å². The number of aliphatic hydroxyl groups excluding tert-OH is 1. The number of amides is 3. The standard InChI is InChI=1S/C28H54N4O4/c1-3-5-10-17-28(23-29,16-4-2)18-11-6-8-13-25(34)30-19-12-7-9-14-26(35)31-21-27(36)32-20-15-24(33)22-32/h24,33H,3-23,29H2,1-2H3,(H,30,34)(H,31,35). The van der Waals surface area contributed by atoms with Crippen LogP contribution in [0.3, 0.4) is 0 Å². The molecule has 0 aromatic carbocycles. The van der Waals surface area contributed by atoms with E-state index in [1.807, 2.05) is 0 Å². The normalized spacial score (nSPS) is 17.1. The molecule has 0 aromatic heterocycles. The number of nitrogens with two attached hydrogens (primary N) is 1. The van der Waals surface area contributed by atoms with Crippen molar-refractivity contribution in [2.75, 3.05) is 32.7 Å². The quantitative estimate of drug-likeness (QED) is 0.175. The van der Waals surface area contributed by atoms with Crippen LogP contribution in [0.5, 0.6) is 0 Å². The minimum absolute atomic E-state index is 0.00766. The number of hydrogen-bond acceptors (Lipinski definition) is 5. The molecule has 1 rings (SSSR count). The van der Waals surface area contributed by atoms with Gasteiger partial charge in [0.05, 0.1) is 12.6 Å². The van der Waals surface area contributed by atoms with Crippen molar-refractivity contribution in [2.24, 2.45) is 11.1 Å². The van der Waals surface area contributed by atoms with Gasteiger partial charge in [-0.1, -0.05) is 58.8 Å². The van der Waals surface area contributed by atoms with E-state index in [0.29, 0.717) is 38.9 Å². The van der Waals surface area contributed by atoms with Gasteiger partial charge in [0.15, 0.2) is 0 Å². The first-order valence-electron chi connectivity index (χ1n) is 14.5. The number of hydrogen-bond donors (Lipinski definition) is 4. The van der Waals surface area contributed by atoms with E-state index in [1.165, 1.54) is 44.9 Å². The Morgan fingerprint density at radius 1 is 0.861 bits per heavy atom. The van der Waals surface area contributed by atoms with Gasteiger partial charge >= 0.3 is 0 Å². The highest BCUT2D eigenvalue weighted by Crippen LogP contribution is 2.35. The Kier molecular flexibility index (Phi) is 17.5. The zero-order valence-corrected chi connectivity index (χ0v) is 23.1. The summed E-state index contributed by atoms with van der Waals surface area (Å²) in [4.78, 5) is 37.6. The van der Waals surface area contributed by atoms with Gasteiger partial charge < -0.3 is 26.4 Å². The second kappa shape index (κ2) is 19.4. The van der Waals surface area contributed by atoms with Gasteiger partial charge in [0.25, 0.3) is 0 Å². The van der Waals surface area contributed by atoms with Gasteiger partial charge in [-0.3, -0.25) is 14.4 Å². The number of aliphatic hydroxyl groups is 1. The zero-order chi connectivity index (χ0) is 26.7. The molecule has 1 fully saturated rings. The molecule has 1 aliphatic rings.